The molecule has 0 aliphatic carbocycles. The van der Waals surface area contributed by atoms with E-state index in [0.29, 0.717) is 17.3 Å². The Morgan fingerprint density at radius 1 is 1.14 bits per heavy atom. The van der Waals surface area contributed by atoms with Gasteiger partial charge in [-0.15, -0.1) is 0 Å². The van der Waals surface area contributed by atoms with Gasteiger partial charge in [0.05, 0.1) is 5.56 Å². The van der Waals surface area contributed by atoms with Gasteiger partial charge in [-0.2, -0.15) is 24.9 Å². The zero-order chi connectivity index (χ0) is 16.1. The molecule has 0 aliphatic heterocycles. The second kappa shape index (κ2) is 7.35. The van der Waals surface area contributed by atoms with Crippen LogP contribution in [-0.4, -0.2) is 22.2 Å². The fourth-order valence-corrected chi connectivity index (χ4v) is 2.48. The third-order valence-corrected chi connectivity index (χ3v) is 3.91. The average molecular weight is 336 g/mol. The Morgan fingerprint density at radius 3 is 2.19 bits per heavy atom. The lowest BCUT2D eigenvalue weighted by Gasteiger charge is -2.18. The molecule has 0 spiro atoms. The van der Waals surface area contributed by atoms with E-state index in [0.717, 1.165) is 17.9 Å². The van der Waals surface area contributed by atoms with Gasteiger partial charge >= 0.3 is 6.18 Å². The number of alkyl halides is 3. The van der Waals surface area contributed by atoms with E-state index in [9.17, 15) is 13.2 Å². The first-order valence-corrected chi connectivity index (χ1v) is 7.83. The highest BCUT2D eigenvalue weighted by Crippen LogP contribution is 2.29. The van der Waals surface area contributed by atoms with E-state index in [2.05, 4.69) is 31.4 Å². The van der Waals surface area contributed by atoms with Gasteiger partial charge in [0.1, 0.15) is 0 Å². The Morgan fingerprint density at radius 2 is 1.71 bits per heavy atom. The summed E-state index contributed by atoms with van der Waals surface area (Å²) >= 11 is 6.91. The molecule has 0 fully saturated rings. The van der Waals surface area contributed by atoms with Crippen molar-refractivity contribution in [3.05, 3.63) is 29.8 Å². The summed E-state index contributed by atoms with van der Waals surface area (Å²) in [5, 5.41) is 6.29. The van der Waals surface area contributed by atoms with E-state index in [1.165, 1.54) is 12.1 Å². The Labute approximate surface area is 132 Å². The van der Waals surface area contributed by atoms with Gasteiger partial charge in [0.15, 0.2) is 5.11 Å². The Hall–Kier alpha value is -0.950. The van der Waals surface area contributed by atoms with E-state index in [4.69, 9.17) is 12.2 Å². The number of hydrogen-bond donors (Lipinski definition) is 2. The van der Waals surface area contributed by atoms with Gasteiger partial charge in [-0.3, -0.25) is 0 Å². The van der Waals surface area contributed by atoms with Crippen molar-refractivity contribution in [2.75, 3.05) is 17.6 Å². The van der Waals surface area contributed by atoms with Crippen molar-refractivity contribution in [2.24, 2.45) is 0 Å². The molecule has 0 saturated carbocycles. The topological polar surface area (TPSA) is 24.1 Å². The number of thioether (sulfide) groups is 1. The highest BCUT2D eigenvalue weighted by molar-refractivity contribution is 8.00. The van der Waals surface area contributed by atoms with Crippen molar-refractivity contribution in [2.45, 2.75) is 31.7 Å². The van der Waals surface area contributed by atoms with Crippen LogP contribution in [0.15, 0.2) is 24.3 Å². The fourth-order valence-electron chi connectivity index (χ4n) is 1.44. The van der Waals surface area contributed by atoms with Crippen LogP contribution in [0.1, 0.15) is 26.3 Å². The fraction of sp³-hybridized carbons (Fsp3) is 0.500. The number of thiocarbonyl (C=S) groups is 1. The minimum atomic E-state index is -4.32. The molecule has 0 radical (unpaired) electrons. The molecule has 0 heterocycles. The SMILES string of the molecule is CC(C)(C)SCCNC(=S)Nc1ccc(C(F)(F)F)cc1. The Balaban J connectivity index is 2.38. The maximum atomic E-state index is 12.4. The van der Waals surface area contributed by atoms with Crippen molar-refractivity contribution in [3.8, 4) is 0 Å². The van der Waals surface area contributed by atoms with Crippen LogP contribution in [0, 0.1) is 0 Å². The summed E-state index contributed by atoms with van der Waals surface area (Å²) in [6.07, 6.45) is -4.32. The highest BCUT2D eigenvalue weighted by atomic mass is 32.2. The zero-order valence-corrected chi connectivity index (χ0v) is 13.8. The molecule has 2 N–H and O–H groups in total. The molecule has 0 aliphatic rings. The van der Waals surface area contributed by atoms with Crippen LogP contribution in [-0.2, 0) is 6.18 Å². The zero-order valence-electron chi connectivity index (χ0n) is 12.2. The van der Waals surface area contributed by atoms with Gasteiger partial charge in [0.2, 0.25) is 0 Å². The number of hydrogen-bond acceptors (Lipinski definition) is 2. The van der Waals surface area contributed by atoms with Crippen LogP contribution in [0.3, 0.4) is 0 Å². The lowest BCUT2D eigenvalue weighted by atomic mass is 10.2. The molecule has 1 aromatic carbocycles. The first-order valence-electron chi connectivity index (χ1n) is 6.44. The van der Waals surface area contributed by atoms with E-state index in [-0.39, 0.29) is 4.75 Å². The van der Waals surface area contributed by atoms with Crippen LogP contribution in [0.25, 0.3) is 0 Å². The van der Waals surface area contributed by atoms with Crippen LogP contribution in [0.5, 0.6) is 0 Å². The van der Waals surface area contributed by atoms with Gasteiger partial charge in [-0.25, -0.2) is 0 Å². The Kier molecular flexibility index (Phi) is 6.34. The molecule has 1 rings (SSSR count). The second-order valence-electron chi connectivity index (χ2n) is 5.42. The van der Waals surface area contributed by atoms with Gasteiger partial charge in [-0.1, -0.05) is 20.8 Å². The maximum Gasteiger partial charge on any atom is 0.416 e. The summed E-state index contributed by atoms with van der Waals surface area (Å²) in [6.45, 7) is 7.11. The van der Waals surface area contributed by atoms with E-state index >= 15 is 0 Å². The standard InChI is InChI=1S/C14H19F3N2S2/c1-13(2,3)21-9-8-18-12(20)19-11-6-4-10(5-7-11)14(15,16)17/h4-7H,8-9H2,1-3H3,(H2,18,19,20). The van der Waals surface area contributed by atoms with Gasteiger partial charge in [0.25, 0.3) is 0 Å². The number of nitrogens with one attached hydrogen (secondary N) is 2. The second-order valence-corrected chi connectivity index (χ2v) is 7.75. The molecule has 0 atom stereocenters. The van der Waals surface area contributed by atoms with Crippen LogP contribution in [0.2, 0.25) is 0 Å². The summed E-state index contributed by atoms with van der Waals surface area (Å²) in [5.41, 5.74) is -0.141. The number of benzene rings is 1. The van der Waals surface area contributed by atoms with Crippen molar-refractivity contribution in [3.63, 3.8) is 0 Å². The highest BCUT2D eigenvalue weighted by Gasteiger charge is 2.29. The molecule has 0 unspecified atom stereocenters. The van der Waals surface area contributed by atoms with Crippen molar-refractivity contribution >= 4 is 34.8 Å². The molecular formula is C14H19F3N2S2. The van der Waals surface area contributed by atoms with E-state index < -0.39 is 11.7 Å². The predicted octanol–water partition coefficient (Wildman–Crippen LogP) is 4.52. The minimum Gasteiger partial charge on any atom is -0.362 e. The quantitative estimate of drug-likeness (QED) is 0.623. The number of halogens is 3. The summed E-state index contributed by atoms with van der Waals surface area (Å²) in [6, 6.07) is 4.78. The van der Waals surface area contributed by atoms with E-state index in [1.807, 2.05) is 11.8 Å². The molecular weight excluding hydrogens is 317 g/mol. The molecule has 0 aromatic heterocycles. The first-order chi connectivity index (χ1) is 9.58. The molecule has 1 aromatic rings. The smallest absolute Gasteiger partial charge is 0.362 e. The van der Waals surface area contributed by atoms with Crippen molar-refractivity contribution in [1.82, 2.24) is 5.32 Å². The third-order valence-electron chi connectivity index (χ3n) is 2.39. The van der Waals surface area contributed by atoms with Crippen LogP contribution >= 0.6 is 24.0 Å². The average Bonchev–Trinajstić information content (AvgIpc) is 2.33. The van der Waals surface area contributed by atoms with Gasteiger partial charge in [0, 0.05) is 22.7 Å². The monoisotopic (exact) mass is 336 g/mol. The molecule has 2 nitrogen and oxygen atoms in total. The summed E-state index contributed by atoms with van der Waals surface area (Å²) < 4.78 is 37.5. The maximum absolute atomic E-state index is 12.4. The lowest BCUT2D eigenvalue weighted by molar-refractivity contribution is -0.137. The number of anilines is 1. The molecule has 0 saturated heterocycles. The predicted molar refractivity (Wildman–Crippen MR) is 87.9 cm³/mol. The largest absolute Gasteiger partial charge is 0.416 e. The van der Waals surface area contributed by atoms with Crippen molar-refractivity contribution in [1.29, 1.82) is 0 Å². The summed E-state index contributed by atoms with van der Waals surface area (Å²) in [7, 11) is 0. The first kappa shape index (κ1) is 18.1. The molecule has 118 valence electrons. The number of rotatable bonds is 4. The van der Waals surface area contributed by atoms with E-state index in [1.54, 1.807) is 0 Å². The molecule has 7 heteroatoms. The Bertz CT molecular complexity index is 465. The summed E-state index contributed by atoms with van der Waals surface area (Å²) in [5.74, 6) is 0.901. The van der Waals surface area contributed by atoms with Gasteiger partial charge in [-0.05, 0) is 36.5 Å². The normalized spacial score (nSPS) is 12.1. The summed E-state index contributed by atoms with van der Waals surface area (Å²) in [4.78, 5) is 0. The molecule has 21 heavy (non-hydrogen) atoms. The van der Waals surface area contributed by atoms with Crippen LogP contribution in [0.4, 0.5) is 18.9 Å². The molecule has 0 amide bonds. The third kappa shape index (κ3) is 7.57. The van der Waals surface area contributed by atoms with Gasteiger partial charge < -0.3 is 10.6 Å². The lowest BCUT2D eigenvalue weighted by Crippen LogP contribution is -2.31. The van der Waals surface area contributed by atoms with Crippen molar-refractivity contribution < 1.29 is 13.2 Å². The minimum absolute atomic E-state index is 0.199. The van der Waals surface area contributed by atoms with Crippen LogP contribution < -0.4 is 10.6 Å². The molecule has 0 bridgehead atoms.